The number of carbonyl (C=O) groups is 1. The quantitative estimate of drug-likeness (QED) is 0.505. The van der Waals surface area contributed by atoms with Crippen LogP contribution < -0.4 is 0 Å². The fraction of sp³-hybridized carbons (Fsp3) is 0.450. The minimum Gasteiger partial charge on any atom is -0.343 e. The first-order valence-electron chi connectivity index (χ1n) is 8.59. The minimum atomic E-state index is -0.323. The van der Waals surface area contributed by atoms with Crippen LogP contribution in [-0.4, -0.2) is 10.4 Å². The predicted octanol–water partition coefficient (Wildman–Crippen LogP) is 6.41. The Morgan fingerprint density at radius 3 is 2.62 bits per heavy atom. The predicted molar refractivity (Wildman–Crippen MR) is 97.4 cm³/mol. The molecule has 1 aromatic heterocycles. The van der Waals surface area contributed by atoms with Crippen molar-refractivity contribution in [1.29, 1.82) is 0 Å². The van der Waals surface area contributed by atoms with Gasteiger partial charge in [0.15, 0.2) is 5.78 Å². The topological polar surface area (TPSA) is 22.0 Å². The second-order valence-electron chi connectivity index (χ2n) is 6.50. The van der Waals surface area contributed by atoms with Crippen molar-refractivity contribution in [2.45, 2.75) is 58.4 Å². The van der Waals surface area contributed by atoms with Gasteiger partial charge in [0.25, 0.3) is 0 Å². The smallest absolute Gasteiger partial charge is 0.179 e. The molecule has 1 unspecified atom stereocenters. The molecule has 24 heavy (non-hydrogen) atoms. The first-order valence-corrected chi connectivity index (χ1v) is 8.97. The fourth-order valence-corrected chi connectivity index (χ4v) is 3.43. The standard InChI is InChI=1S/C20H25ClFNO/c1-4-5-8-15(20-16(21)9-6-10-17(20)22)13-19(24)18-11-7-12-23(18)14(2)3/h6-7,9-12,14-15H,4-5,8,13H2,1-3H3. The van der Waals surface area contributed by atoms with E-state index in [2.05, 4.69) is 6.92 Å². The molecule has 0 spiro atoms. The lowest BCUT2D eigenvalue weighted by Gasteiger charge is -2.20. The van der Waals surface area contributed by atoms with Crippen molar-refractivity contribution in [3.8, 4) is 0 Å². The van der Waals surface area contributed by atoms with Gasteiger partial charge in [-0.2, -0.15) is 0 Å². The summed E-state index contributed by atoms with van der Waals surface area (Å²) in [6, 6.07) is 8.64. The summed E-state index contributed by atoms with van der Waals surface area (Å²) >= 11 is 6.24. The Morgan fingerprint density at radius 2 is 2.00 bits per heavy atom. The Bertz CT molecular complexity index is 672. The highest BCUT2D eigenvalue weighted by molar-refractivity contribution is 6.31. The zero-order chi connectivity index (χ0) is 17.7. The van der Waals surface area contributed by atoms with Gasteiger partial charge in [0.05, 0.1) is 5.69 Å². The Morgan fingerprint density at radius 1 is 1.25 bits per heavy atom. The van der Waals surface area contributed by atoms with Crippen LogP contribution in [0.25, 0.3) is 0 Å². The monoisotopic (exact) mass is 349 g/mol. The van der Waals surface area contributed by atoms with Crippen LogP contribution in [0.5, 0.6) is 0 Å². The minimum absolute atomic E-state index is 0.0362. The van der Waals surface area contributed by atoms with Gasteiger partial charge in [-0.3, -0.25) is 4.79 Å². The number of benzene rings is 1. The van der Waals surface area contributed by atoms with Crippen molar-refractivity contribution in [2.75, 3.05) is 0 Å². The van der Waals surface area contributed by atoms with Crippen LogP contribution in [0.3, 0.4) is 0 Å². The molecule has 0 bridgehead atoms. The maximum absolute atomic E-state index is 14.3. The van der Waals surface area contributed by atoms with E-state index in [-0.39, 0.29) is 30.0 Å². The summed E-state index contributed by atoms with van der Waals surface area (Å²) in [5, 5.41) is 0.406. The molecule has 0 saturated heterocycles. The van der Waals surface area contributed by atoms with Crippen LogP contribution in [0, 0.1) is 5.82 Å². The third-order valence-corrected chi connectivity index (χ3v) is 4.70. The van der Waals surface area contributed by atoms with E-state index in [1.54, 1.807) is 12.1 Å². The average Bonchev–Trinajstić information content (AvgIpc) is 3.02. The van der Waals surface area contributed by atoms with Gasteiger partial charge in [0.1, 0.15) is 5.82 Å². The van der Waals surface area contributed by atoms with Crippen molar-refractivity contribution >= 4 is 17.4 Å². The van der Waals surface area contributed by atoms with Gasteiger partial charge < -0.3 is 4.57 Å². The van der Waals surface area contributed by atoms with Crippen LogP contribution in [0.4, 0.5) is 4.39 Å². The van der Waals surface area contributed by atoms with Crippen molar-refractivity contribution in [2.24, 2.45) is 0 Å². The van der Waals surface area contributed by atoms with Gasteiger partial charge in [-0.05, 0) is 50.5 Å². The van der Waals surface area contributed by atoms with Gasteiger partial charge in [0, 0.05) is 29.2 Å². The SMILES string of the molecule is CCCCC(CC(=O)c1cccn1C(C)C)c1c(F)cccc1Cl. The summed E-state index contributed by atoms with van der Waals surface area (Å²) in [5.74, 6) is -0.480. The summed E-state index contributed by atoms with van der Waals surface area (Å²) in [6.45, 7) is 6.17. The van der Waals surface area contributed by atoms with E-state index < -0.39 is 0 Å². The van der Waals surface area contributed by atoms with Crippen LogP contribution in [-0.2, 0) is 0 Å². The van der Waals surface area contributed by atoms with E-state index in [1.165, 1.54) is 6.07 Å². The van der Waals surface area contributed by atoms with Crippen molar-refractivity contribution in [3.05, 3.63) is 58.6 Å². The number of hydrogen-bond acceptors (Lipinski definition) is 1. The van der Waals surface area contributed by atoms with Crippen LogP contribution in [0.2, 0.25) is 5.02 Å². The molecule has 0 saturated carbocycles. The first-order chi connectivity index (χ1) is 11.5. The molecule has 130 valence electrons. The first kappa shape index (κ1) is 18.7. The van der Waals surface area contributed by atoms with Gasteiger partial charge in [-0.25, -0.2) is 4.39 Å². The molecule has 0 aliphatic heterocycles. The molecule has 0 amide bonds. The molecule has 1 atom stereocenters. The Kier molecular flexibility index (Phi) is 6.61. The molecular formula is C20H25ClFNO. The van der Waals surface area contributed by atoms with E-state index in [9.17, 15) is 9.18 Å². The lowest BCUT2D eigenvalue weighted by Crippen LogP contribution is -2.15. The molecule has 0 N–H and O–H groups in total. The molecule has 1 aromatic carbocycles. The number of unbranched alkanes of at least 4 members (excludes halogenated alkanes) is 1. The number of rotatable bonds is 8. The maximum atomic E-state index is 14.3. The average molecular weight is 350 g/mol. The Hall–Kier alpha value is -1.61. The number of aromatic nitrogens is 1. The van der Waals surface area contributed by atoms with Gasteiger partial charge >= 0.3 is 0 Å². The highest BCUT2D eigenvalue weighted by atomic mass is 35.5. The Labute approximate surface area is 148 Å². The molecule has 0 radical (unpaired) electrons. The lowest BCUT2D eigenvalue weighted by atomic mass is 9.88. The van der Waals surface area contributed by atoms with Gasteiger partial charge in [-0.1, -0.05) is 37.4 Å². The zero-order valence-electron chi connectivity index (χ0n) is 14.6. The number of halogens is 2. The number of ketones is 1. The number of carbonyl (C=O) groups excluding carboxylic acids is 1. The molecule has 2 rings (SSSR count). The van der Waals surface area contributed by atoms with Crippen molar-refractivity contribution in [1.82, 2.24) is 4.57 Å². The van der Waals surface area contributed by atoms with Gasteiger partial charge in [-0.15, -0.1) is 0 Å². The largest absolute Gasteiger partial charge is 0.343 e. The van der Waals surface area contributed by atoms with E-state index in [0.29, 0.717) is 16.3 Å². The summed E-state index contributed by atoms with van der Waals surface area (Å²) in [5.41, 5.74) is 1.16. The van der Waals surface area contributed by atoms with Crippen LogP contribution >= 0.6 is 11.6 Å². The highest BCUT2D eigenvalue weighted by Crippen LogP contribution is 2.34. The summed E-state index contributed by atoms with van der Waals surface area (Å²) in [7, 11) is 0. The molecule has 4 heteroatoms. The molecule has 2 aromatic rings. The van der Waals surface area contributed by atoms with Crippen molar-refractivity contribution in [3.63, 3.8) is 0 Å². The summed E-state index contributed by atoms with van der Waals surface area (Å²) in [4.78, 5) is 12.8. The normalized spacial score (nSPS) is 12.6. The van der Waals surface area contributed by atoms with E-state index in [0.717, 1.165) is 19.3 Å². The highest BCUT2D eigenvalue weighted by Gasteiger charge is 2.24. The van der Waals surface area contributed by atoms with E-state index in [1.807, 2.05) is 36.7 Å². The van der Waals surface area contributed by atoms with Crippen LogP contribution in [0.1, 0.15) is 74.5 Å². The number of nitrogens with zero attached hydrogens (tertiary/aromatic N) is 1. The van der Waals surface area contributed by atoms with E-state index >= 15 is 0 Å². The summed E-state index contributed by atoms with van der Waals surface area (Å²) < 4.78 is 16.3. The molecule has 2 nitrogen and oxygen atoms in total. The lowest BCUT2D eigenvalue weighted by molar-refractivity contribution is 0.0961. The molecular weight excluding hydrogens is 325 g/mol. The molecule has 1 heterocycles. The van der Waals surface area contributed by atoms with Crippen molar-refractivity contribution < 1.29 is 9.18 Å². The second kappa shape index (κ2) is 8.48. The molecule has 0 aliphatic rings. The fourth-order valence-electron chi connectivity index (χ4n) is 3.11. The maximum Gasteiger partial charge on any atom is 0.179 e. The second-order valence-corrected chi connectivity index (χ2v) is 6.90. The third kappa shape index (κ3) is 4.27. The summed E-state index contributed by atoms with van der Waals surface area (Å²) in [6.07, 6.45) is 4.88. The third-order valence-electron chi connectivity index (χ3n) is 4.37. The van der Waals surface area contributed by atoms with Gasteiger partial charge in [0.2, 0.25) is 0 Å². The molecule has 0 aliphatic carbocycles. The zero-order valence-corrected chi connectivity index (χ0v) is 15.3. The number of Topliss-reactive ketones (excluding diaryl/α,β-unsaturated/α-hetero) is 1. The van der Waals surface area contributed by atoms with E-state index in [4.69, 9.17) is 11.6 Å². The number of hydrogen-bond donors (Lipinski definition) is 0. The van der Waals surface area contributed by atoms with Crippen LogP contribution in [0.15, 0.2) is 36.5 Å². The Balaban J connectivity index is 2.29. The molecule has 0 fully saturated rings.